The molecule has 19 heavy (non-hydrogen) atoms. The summed E-state index contributed by atoms with van der Waals surface area (Å²) in [4.78, 5) is 0. The summed E-state index contributed by atoms with van der Waals surface area (Å²) in [6, 6.07) is 5.50. The molecule has 0 aromatic heterocycles. The fourth-order valence-corrected chi connectivity index (χ4v) is 3.62. The Labute approximate surface area is 125 Å². The first kappa shape index (κ1) is 15.2. The van der Waals surface area contributed by atoms with Crippen LogP contribution in [0.2, 0.25) is 10.0 Å². The fraction of sp³-hybridized carbons (Fsp3) is 0.625. The number of hydrogen-bond donors (Lipinski definition) is 1. The van der Waals surface area contributed by atoms with Gasteiger partial charge in [0, 0.05) is 5.56 Å². The Morgan fingerprint density at radius 1 is 1.21 bits per heavy atom. The number of aliphatic hydroxyl groups is 1. The highest BCUT2D eigenvalue weighted by Crippen LogP contribution is 2.41. The van der Waals surface area contributed by atoms with Gasteiger partial charge in [0.05, 0.1) is 16.1 Å². The second-order valence-electron chi connectivity index (χ2n) is 5.66. The number of hydrogen-bond acceptors (Lipinski definition) is 1. The van der Waals surface area contributed by atoms with E-state index in [0.29, 0.717) is 16.0 Å². The van der Waals surface area contributed by atoms with E-state index in [1.807, 2.05) is 12.1 Å². The van der Waals surface area contributed by atoms with Gasteiger partial charge in [-0.05, 0) is 30.7 Å². The minimum Gasteiger partial charge on any atom is -0.388 e. The highest BCUT2D eigenvalue weighted by atomic mass is 35.5. The fourth-order valence-electron chi connectivity index (χ4n) is 3.20. The molecular weight excluding hydrogens is 279 g/mol. The van der Waals surface area contributed by atoms with Gasteiger partial charge in [-0.2, -0.15) is 0 Å². The highest BCUT2D eigenvalue weighted by molar-refractivity contribution is 6.42. The number of halogens is 2. The van der Waals surface area contributed by atoms with Crippen molar-refractivity contribution in [2.45, 2.75) is 51.6 Å². The van der Waals surface area contributed by atoms with Crippen LogP contribution in [0.5, 0.6) is 0 Å². The molecule has 0 aliphatic heterocycles. The van der Waals surface area contributed by atoms with Gasteiger partial charge in [-0.15, -0.1) is 0 Å². The first-order valence-electron chi connectivity index (χ1n) is 7.25. The van der Waals surface area contributed by atoms with Gasteiger partial charge in [-0.3, -0.25) is 0 Å². The molecule has 1 aliphatic rings. The van der Waals surface area contributed by atoms with Gasteiger partial charge in [0.1, 0.15) is 0 Å². The number of aliphatic hydroxyl groups excluding tert-OH is 1. The largest absolute Gasteiger partial charge is 0.388 e. The molecule has 0 heterocycles. The Kier molecular flexibility index (Phi) is 5.56. The Bertz CT molecular complexity index is 411. The molecule has 1 unspecified atom stereocenters. The molecule has 1 aromatic carbocycles. The lowest BCUT2D eigenvalue weighted by Crippen LogP contribution is -2.20. The summed E-state index contributed by atoms with van der Waals surface area (Å²) >= 11 is 12.2. The molecule has 1 N–H and O–H groups in total. The highest BCUT2D eigenvalue weighted by Gasteiger charge is 2.28. The standard InChI is InChI=1S/C16H22Cl2O/c1-2-4-11-7-9-12(10-8-11)16(19)13-5-3-6-14(17)15(13)18/h3,5-6,11-12,16,19H,2,4,7-10H2,1H3. The van der Waals surface area contributed by atoms with Gasteiger partial charge < -0.3 is 5.11 Å². The molecule has 0 saturated heterocycles. The molecule has 1 fully saturated rings. The summed E-state index contributed by atoms with van der Waals surface area (Å²) in [5.74, 6) is 1.17. The molecule has 106 valence electrons. The summed E-state index contributed by atoms with van der Waals surface area (Å²) in [5.41, 5.74) is 0.785. The van der Waals surface area contributed by atoms with Gasteiger partial charge >= 0.3 is 0 Å². The lowest BCUT2D eigenvalue weighted by Gasteiger charge is -2.32. The van der Waals surface area contributed by atoms with Crippen LogP contribution < -0.4 is 0 Å². The van der Waals surface area contributed by atoms with E-state index in [0.717, 1.165) is 24.3 Å². The van der Waals surface area contributed by atoms with Crippen molar-refractivity contribution in [1.29, 1.82) is 0 Å². The quantitative estimate of drug-likeness (QED) is 0.763. The average molecular weight is 301 g/mol. The van der Waals surface area contributed by atoms with E-state index in [2.05, 4.69) is 6.92 Å². The third-order valence-corrected chi connectivity index (χ3v) is 5.17. The van der Waals surface area contributed by atoms with Gasteiger partial charge in [-0.1, -0.05) is 67.9 Å². The van der Waals surface area contributed by atoms with Crippen LogP contribution in [0.3, 0.4) is 0 Å². The Morgan fingerprint density at radius 2 is 1.89 bits per heavy atom. The normalized spacial score (nSPS) is 25.3. The van der Waals surface area contributed by atoms with Crippen molar-refractivity contribution < 1.29 is 5.11 Å². The van der Waals surface area contributed by atoms with Gasteiger partial charge in [0.15, 0.2) is 0 Å². The second-order valence-corrected chi connectivity index (χ2v) is 6.44. The van der Waals surface area contributed by atoms with Crippen molar-refractivity contribution in [1.82, 2.24) is 0 Å². The zero-order chi connectivity index (χ0) is 13.8. The van der Waals surface area contributed by atoms with Crippen LogP contribution >= 0.6 is 23.2 Å². The van der Waals surface area contributed by atoms with Crippen LogP contribution in [-0.4, -0.2) is 5.11 Å². The summed E-state index contributed by atoms with van der Waals surface area (Å²) < 4.78 is 0. The number of benzene rings is 1. The van der Waals surface area contributed by atoms with Crippen LogP contribution in [0.1, 0.15) is 57.1 Å². The summed E-state index contributed by atoms with van der Waals surface area (Å²) in [7, 11) is 0. The Morgan fingerprint density at radius 3 is 2.53 bits per heavy atom. The van der Waals surface area contributed by atoms with Crippen LogP contribution in [0, 0.1) is 11.8 Å². The van der Waals surface area contributed by atoms with Crippen molar-refractivity contribution in [2.24, 2.45) is 11.8 Å². The van der Waals surface area contributed by atoms with E-state index in [1.165, 1.54) is 25.7 Å². The molecule has 0 spiro atoms. The predicted octanol–water partition coefficient (Wildman–Crippen LogP) is 5.63. The maximum absolute atomic E-state index is 10.5. The summed E-state index contributed by atoms with van der Waals surface area (Å²) in [5, 5.41) is 11.6. The zero-order valence-corrected chi connectivity index (χ0v) is 12.9. The molecule has 2 rings (SSSR count). The van der Waals surface area contributed by atoms with Gasteiger partial charge in [0.25, 0.3) is 0 Å². The van der Waals surface area contributed by atoms with E-state index >= 15 is 0 Å². The molecule has 1 saturated carbocycles. The minimum atomic E-state index is -0.478. The average Bonchev–Trinajstić information content (AvgIpc) is 2.42. The Hall–Kier alpha value is -0.240. The van der Waals surface area contributed by atoms with Gasteiger partial charge in [0.2, 0.25) is 0 Å². The van der Waals surface area contributed by atoms with Gasteiger partial charge in [-0.25, -0.2) is 0 Å². The van der Waals surface area contributed by atoms with E-state index in [1.54, 1.807) is 6.07 Å². The van der Waals surface area contributed by atoms with Crippen molar-refractivity contribution >= 4 is 23.2 Å². The molecule has 1 aromatic rings. The lowest BCUT2D eigenvalue weighted by molar-refractivity contribution is 0.0723. The molecular formula is C16H22Cl2O. The first-order valence-corrected chi connectivity index (χ1v) is 8.01. The smallest absolute Gasteiger partial charge is 0.0833 e. The predicted molar refractivity (Wildman–Crippen MR) is 81.8 cm³/mol. The molecule has 1 nitrogen and oxygen atoms in total. The van der Waals surface area contributed by atoms with Crippen molar-refractivity contribution in [2.75, 3.05) is 0 Å². The maximum Gasteiger partial charge on any atom is 0.0833 e. The van der Waals surface area contributed by atoms with E-state index < -0.39 is 6.10 Å². The molecule has 1 atom stereocenters. The lowest BCUT2D eigenvalue weighted by atomic mass is 9.76. The minimum absolute atomic E-state index is 0.323. The molecule has 0 radical (unpaired) electrons. The van der Waals surface area contributed by atoms with E-state index in [-0.39, 0.29) is 0 Å². The van der Waals surface area contributed by atoms with Crippen LogP contribution in [-0.2, 0) is 0 Å². The van der Waals surface area contributed by atoms with Crippen molar-refractivity contribution in [3.05, 3.63) is 33.8 Å². The van der Waals surface area contributed by atoms with Crippen molar-refractivity contribution in [3.8, 4) is 0 Å². The molecule has 0 bridgehead atoms. The topological polar surface area (TPSA) is 20.2 Å². The number of rotatable bonds is 4. The Balaban J connectivity index is 2.01. The van der Waals surface area contributed by atoms with E-state index in [9.17, 15) is 5.11 Å². The SMILES string of the molecule is CCCC1CCC(C(O)c2cccc(Cl)c2Cl)CC1. The second kappa shape index (κ2) is 6.97. The summed E-state index contributed by atoms with van der Waals surface area (Å²) in [6.07, 6.45) is 6.75. The van der Waals surface area contributed by atoms with Crippen LogP contribution in [0.4, 0.5) is 0 Å². The van der Waals surface area contributed by atoms with Crippen LogP contribution in [0.15, 0.2) is 18.2 Å². The molecule has 3 heteroatoms. The third kappa shape index (κ3) is 3.65. The summed E-state index contributed by atoms with van der Waals surface area (Å²) in [6.45, 7) is 2.24. The van der Waals surface area contributed by atoms with Crippen LogP contribution in [0.25, 0.3) is 0 Å². The molecule has 1 aliphatic carbocycles. The maximum atomic E-state index is 10.5. The first-order chi connectivity index (χ1) is 9.13. The monoisotopic (exact) mass is 300 g/mol. The molecule has 0 amide bonds. The third-order valence-electron chi connectivity index (χ3n) is 4.33. The zero-order valence-electron chi connectivity index (χ0n) is 11.4. The van der Waals surface area contributed by atoms with E-state index in [4.69, 9.17) is 23.2 Å². The van der Waals surface area contributed by atoms with Crippen molar-refractivity contribution in [3.63, 3.8) is 0 Å².